The number of hydrogen-bond acceptors (Lipinski definition) is 2. The normalized spacial score (nSPS) is 14.8. The fourth-order valence-corrected chi connectivity index (χ4v) is 3.22. The molecule has 2 aromatic rings. The molecular weight excluding hydrogens is 321 g/mol. The Balaban J connectivity index is 2.06. The third kappa shape index (κ3) is 2.34. The zero-order valence-electron chi connectivity index (χ0n) is 11.1. The van der Waals surface area contributed by atoms with Crippen molar-refractivity contribution in [1.29, 1.82) is 0 Å². The second kappa shape index (κ2) is 5.54. The summed E-state index contributed by atoms with van der Waals surface area (Å²) in [5.74, 6) is 0.728. The lowest BCUT2D eigenvalue weighted by Crippen LogP contribution is -2.19. The van der Waals surface area contributed by atoms with E-state index in [0.717, 1.165) is 28.8 Å². The summed E-state index contributed by atoms with van der Waals surface area (Å²) in [6.07, 6.45) is 0.915. The quantitative estimate of drug-likeness (QED) is 0.920. The van der Waals surface area contributed by atoms with E-state index in [4.69, 9.17) is 4.74 Å². The predicted molar refractivity (Wildman–Crippen MR) is 80.6 cm³/mol. The average Bonchev–Trinajstić information content (AvgIpc) is 2.90. The van der Waals surface area contributed by atoms with Crippen LogP contribution in [0.4, 0.5) is 4.39 Å². The van der Waals surface area contributed by atoms with Gasteiger partial charge in [-0.05, 0) is 36.4 Å². The van der Waals surface area contributed by atoms with Crippen molar-refractivity contribution in [2.24, 2.45) is 0 Å². The Labute approximate surface area is 126 Å². The molecule has 0 radical (unpaired) electrons. The minimum atomic E-state index is -0.213. The summed E-state index contributed by atoms with van der Waals surface area (Å²) in [6.45, 7) is 0.729. The van der Waals surface area contributed by atoms with Crippen LogP contribution < -0.4 is 10.1 Å². The van der Waals surface area contributed by atoms with Crippen molar-refractivity contribution >= 4 is 15.9 Å². The van der Waals surface area contributed by atoms with Gasteiger partial charge in [0.05, 0.1) is 12.6 Å². The number of ether oxygens (including phenoxy) is 1. The molecule has 1 atom stereocenters. The van der Waals surface area contributed by atoms with Crippen molar-refractivity contribution in [3.63, 3.8) is 0 Å². The molecular formula is C16H15BrFNO. The van der Waals surface area contributed by atoms with Crippen LogP contribution in [-0.2, 0) is 6.42 Å². The lowest BCUT2D eigenvalue weighted by Gasteiger charge is -2.20. The van der Waals surface area contributed by atoms with Crippen molar-refractivity contribution in [3.8, 4) is 5.75 Å². The maximum Gasteiger partial charge on any atom is 0.129 e. The van der Waals surface area contributed by atoms with Crippen LogP contribution >= 0.6 is 15.9 Å². The van der Waals surface area contributed by atoms with Gasteiger partial charge in [0.2, 0.25) is 0 Å². The Morgan fingerprint density at radius 1 is 1.30 bits per heavy atom. The van der Waals surface area contributed by atoms with E-state index in [2.05, 4.69) is 27.3 Å². The molecule has 1 heterocycles. The van der Waals surface area contributed by atoms with E-state index in [-0.39, 0.29) is 11.9 Å². The van der Waals surface area contributed by atoms with Crippen molar-refractivity contribution in [3.05, 3.63) is 63.4 Å². The minimum Gasteiger partial charge on any atom is -0.493 e. The molecule has 1 unspecified atom stereocenters. The van der Waals surface area contributed by atoms with Gasteiger partial charge in [-0.15, -0.1) is 0 Å². The third-order valence-electron chi connectivity index (χ3n) is 3.62. The van der Waals surface area contributed by atoms with Gasteiger partial charge in [0.25, 0.3) is 0 Å². The molecule has 1 N–H and O–H groups in total. The summed E-state index contributed by atoms with van der Waals surface area (Å²) in [7, 11) is 1.84. The Bertz CT molecular complexity index is 624. The van der Waals surface area contributed by atoms with E-state index >= 15 is 0 Å². The fraction of sp³-hybridized carbons (Fsp3) is 0.250. The van der Waals surface area contributed by atoms with Crippen molar-refractivity contribution in [2.75, 3.05) is 13.7 Å². The Morgan fingerprint density at radius 2 is 2.15 bits per heavy atom. The zero-order chi connectivity index (χ0) is 14.1. The van der Waals surface area contributed by atoms with Crippen molar-refractivity contribution in [1.82, 2.24) is 5.32 Å². The van der Waals surface area contributed by atoms with Gasteiger partial charge in [-0.3, -0.25) is 0 Å². The monoisotopic (exact) mass is 335 g/mol. The first kappa shape index (κ1) is 13.6. The molecule has 1 aliphatic heterocycles. The van der Waals surface area contributed by atoms with E-state index in [1.165, 1.54) is 11.6 Å². The lowest BCUT2D eigenvalue weighted by atomic mass is 9.96. The molecule has 0 bridgehead atoms. The van der Waals surface area contributed by atoms with Crippen molar-refractivity contribution < 1.29 is 9.13 Å². The summed E-state index contributed by atoms with van der Waals surface area (Å²) in [5.41, 5.74) is 2.87. The number of hydrogen-bond donors (Lipinski definition) is 1. The number of benzene rings is 2. The Kier molecular flexibility index (Phi) is 3.76. The van der Waals surface area contributed by atoms with Crippen LogP contribution in [0.2, 0.25) is 0 Å². The molecule has 0 aliphatic carbocycles. The first-order chi connectivity index (χ1) is 9.70. The van der Waals surface area contributed by atoms with Gasteiger partial charge in [-0.2, -0.15) is 0 Å². The summed E-state index contributed by atoms with van der Waals surface area (Å²) in [4.78, 5) is 0. The molecule has 104 valence electrons. The van der Waals surface area contributed by atoms with E-state index in [9.17, 15) is 4.39 Å². The largest absolute Gasteiger partial charge is 0.493 e. The van der Waals surface area contributed by atoms with Gasteiger partial charge in [0, 0.05) is 16.5 Å². The van der Waals surface area contributed by atoms with Crippen LogP contribution in [0.15, 0.2) is 40.9 Å². The number of fused-ring (bicyclic) bond motifs is 1. The van der Waals surface area contributed by atoms with Gasteiger partial charge in [-0.25, -0.2) is 4.39 Å². The second-order valence-electron chi connectivity index (χ2n) is 4.82. The van der Waals surface area contributed by atoms with Gasteiger partial charge in [-0.1, -0.05) is 34.1 Å². The Morgan fingerprint density at radius 3 is 2.90 bits per heavy atom. The highest BCUT2D eigenvalue weighted by atomic mass is 79.9. The van der Waals surface area contributed by atoms with Gasteiger partial charge < -0.3 is 10.1 Å². The number of halogens is 2. The first-order valence-corrected chi connectivity index (χ1v) is 7.37. The highest BCUT2D eigenvalue weighted by Crippen LogP contribution is 2.34. The highest BCUT2D eigenvalue weighted by molar-refractivity contribution is 9.10. The van der Waals surface area contributed by atoms with Crippen LogP contribution in [0.25, 0.3) is 0 Å². The zero-order valence-corrected chi connectivity index (χ0v) is 12.7. The van der Waals surface area contributed by atoms with E-state index < -0.39 is 0 Å². The van der Waals surface area contributed by atoms with Gasteiger partial charge >= 0.3 is 0 Å². The molecule has 2 aromatic carbocycles. The summed E-state index contributed by atoms with van der Waals surface area (Å²) in [5, 5.41) is 3.20. The van der Waals surface area contributed by atoms with Gasteiger partial charge in [0.1, 0.15) is 11.6 Å². The molecule has 0 saturated carbocycles. The molecule has 0 fully saturated rings. The van der Waals surface area contributed by atoms with Crippen molar-refractivity contribution in [2.45, 2.75) is 12.5 Å². The molecule has 0 amide bonds. The first-order valence-electron chi connectivity index (χ1n) is 6.57. The standard InChI is InChI=1S/C16H15BrFNO/c1-19-16(15-12(17)3-2-4-13(15)18)11-5-6-14-10(9-11)7-8-20-14/h2-6,9,16,19H,7-8H2,1H3. The summed E-state index contributed by atoms with van der Waals surface area (Å²) < 4.78 is 20.4. The smallest absolute Gasteiger partial charge is 0.129 e. The molecule has 0 spiro atoms. The van der Waals surface area contributed by atoms with Crippen LogP contribution in [0.3, 0.4) is 0 Å². The third-order valence-corrected chi connectivity index (χ3v) is 4.32. The molecule has 2 nitrogen and oxygen atoms in total. The topological polar surface area (TPSA) is 21.3 Å². The van der Waals surface area contributed by atoms with Gasteiger partial charge in [0.15, 0.2) is 0 Å². The van der Waals surface area contributed by atoms with Crippen LogP contribution in [0.5, 0.6) is 5.75 Å². The summed E-state index contributed by atoms with van der Waals surface area (Å²) >= 11 is 3.44. The fourth-order valence-electron chi connectivity index (χ4n) is 2.65. The van der Waals surface area contributed by atoms with Crippen LogP contribution in [0.1, 0.15) is 22.7 Å². The molecule has 4 heteroatoms. The maximum atomic E-state index is 14.2. The minimum absolute atomic E-state index is 0.184. The molecule has 3 rings (SSSR count). The second-order valence-corrected chi connectivity index (χ2v) is 5.68. The van der Waals surface area contributed by atoms with Crippen LogP contribution in [-0.4, -0.2) is 13.7 Å². The molecule has 20 heavy (non-hydrogen) atoms. The average molecular weight is 336 g/mol. The molecule has 1 aliphatic rings. The Hall–Kier alpha value is -1.39. The summed E-state index contributed by atoms with van der Waals surface area (Å²) in [6, 6.07) is 10.9. The molecule has 0 saturated heterocycles. The SMILES string of the molecule is CNC(c1ccc2c(c1)CCO2)c1c(F)cccc1Br. The number of rotatable bonds is 3. The maximum absolute atomic E-state index is 14.2. The van der Waals surface area contributed by atoms with E-state index in [1.807, 2.05) is 25.2 Å². The lowest BCUT2D eigenvalue weighted by molar-refractivity contribution is 0.357. The molecule has 0 aromatic heterocycles. The van der Waals surface area contributed by atoms with E-state index in [0.29, 0.717) is 5.56 Å². The van der Waals surface area contributed by atoms with E-state index in [1.54, 1.807) is 6.07 Å². The van der Waals surface area contributed by atoms with Crippen LogP contribution in [0, 0.1) is 5.82 Å². The highest BCUT2D eigenvalue weighted by Gasteiger charge is 2.21. The number of nitrogens with one attached hydrogen (secondary N) is 1. The predicted octanol–water partition coefficient (Wildman–Crippen LogP) is 3.83.